The molecule has 0 aliphatic carbocycles. The molecule has 0 atom stereocenters. The molecule has 0 radical (unpaired) electrons. The molecule has 1 N–H and O–H groups in total. The lowest BCUT2D eigenvalue weighted by atomic mass is 10.1. The van der Waals surface area contributed by atoms with Crippen LogP contribution in [0, 0.1) is 10.1 Å². The van der Waals surface area contributed by atoms with E-state index in [1.54, 1.807) is 12.1 Å². The number of nitrogens with zero attached hydrogens (tertiary/aromatic N) is 2. The van der Waals surface area contributed by atoms with Crippen molar-refractivity contribution in [2.24, 2.45) is 0 Å². The molecular weight excluding hydrogens is 246 g/mol. The maximum Gasteiger partial charge on any atom is 0.311 e. The molecule has 1 aromatic carbocycles. The van der Waals surface area contributed by atoms with E-state index in [2.05, 4.69) is 17.1 Å². The van der Waals surface area contributed by atoms with Crippen LogP contribution in [0.3, 0.4) is 0 Å². The summed E-state index contributed by atoms with van der Waals surface area (Å²) in [5.41, 5.74) is 0.991. The highest BCUT2D eigenvalue weighted by Crippen LogP contribution is 2.32. The first-order chi connectivity index (χ1) is 9.17. The van der Waals surface area contributed by atoms with Crippen LogP contribution in [-0.2, 0) is 0 Å². The summed E-state index contributed by atoms with van der Waals surface area (Å²) < 4.78 is 5.12. The molecule has 0 amide bonds. The minimum Gasteiger partial charge on any atom is -0.490 e. The minimum absolute atomic E-state index is 0.00873. The maximum atomic E-state index is 10.9. The zero-order chi connectivity index (χ0) is 13.8. The summed E-state index contributed by atoms with van der Waals surface area (Å²) in [5.74, 6) is 0.316. The Morgan fingerprint density at radius 2 is 2.26 bits per heavy atom. The second kappa shape index (κ2) is 5.88. The van der Waals surface area contributed by atoms with E-state index in [0.717, 1.165) is 31.7 Å². The van der Waals surface area contributed by atoms with Crippen molar-refractivity contribution in [3.05, 3.63) is 28.3 Å². The van der Waals surface area contributed by atoms with Gasteiger partial charge in [0.2, 0.25) is 0 Å². The van der Waals surface area contributed by atoms with Gasteiger partial charge in [-0.2, -0.15) is 0 Å². The average molecular weight is 265 g/mol. The van der Waals surface area contributed by atoms with Gasteiger partial charge in [0, 0.05) is 37.5 Å². The highest BCUT2D eigenvalue weighted by molar-refractivity contribution is 5.60. The van der Waals surface area contributed by atoms with E-state index in [0.29, 0.717) is 11.8 Å². The van der Waals surface area contributed by atoms with Crippen molar-refractivity contribution in [2.75, 3.05) is 31.6 Å². The number of nitro groups is 1. The van der Waals surface area contributed by atoms with E-state index in [4.69, 9.17) is 4.74 Å². The Bertz CT molecular complexity index is 460. The van der Waals surface area contributed by atoms with E-state index in [1.165, 1.54) is 13.2 Å². The van der Waals surface area contributed by atoms with E-state index < -0.39 is 4.92 Å². The Balaban J connectivity index is 2.29. The average Bonchev–Trinajstić information content (AvgIpc) is 2.35. The first kappa shape index (κ1) is 13.6. The fraction of sp³-hybridized carbons (Fsp3) is 0.538. The minimum atomic E-state index is -0.419. The molecule has 6 nitrogen and oxygen atoms in total. The van der Waals surface area contributed by atoms with Crippen LogP contribution in [0.4, 0.5) is 11.4 Å². The number of nitrogens with one attached hydrogen (secondary N) is 1. The fourth-order valence-corrected chi connectivity index (χ4v) is 2.25. The summed E-state index contributed by atoms with van der Waals surface area (Å²) in [7, 11) is 1.46. The van der Waals surface area contributed by atoms with Gasteiger partial charge in [-0.15, -0.1) is 0 Å². The standard InChI is InChI=1S/C13H19N3O3/c1-3-6-15(11-8-14-9-11)10-4-5-12(16(17)18)13(7-10)19-2/h4-5,7,11,14H,3,6,8-9H2,1-2H3. The van der Waals surface area contributed by atoms with Gasteiger partial charge in [0.05, 0.1) is 18.1 Å². The zero-order valence-corrected chi connectivity index (χ0v) is 11.3. The Morgan fingerprint density at radius 1 is 1.53 bits per heavy atom. The monoisotopic (exact) mass is 265 g/mol. The molecule has 1 aliphatic heterocycles. The molecule has 0 aromatic heterocycles. The van der Waals surface area contributed by atoms with Gasteiger partial charge in [0.15, 0.2) is 5.75 Å². The van der Waals surface area contributed by atoms with Crippen LogP contribution in [0.15, 0.2) is 18.2 Å². The number of rotatable bonds is 6. The number of hydrogen-bond acceptors (Lipinski definition) is 5. The van der Waals surface area contributed by atoms with E-state index in [9.17, 15) is 10.1 Å². The van der Waals surface area contributed by atoms with Gasteiger partial charge in [0.1, 0.15) is 0 Å². The van der Waals surface area contributed by atoms with Crippen LogP contribution in [-0.4, -0.2) is 37.7 Å². The Labute approximate surface area is 112 Å². The SMILES string of the molecule is CCCN(c1ccc([N+](=O)[O-])c(OC)c1)C1CNC1. The fourth-order valence-electron chi connectivity index (χ4n) is 2.25. The van der Waals surface area contributed by atoms with Gasteiger partial charge in [-0.05, 0) is 12.5 Å². The third kappa shape index (κ3) is 2.78. The first-order valence-corrected chi connectivity index (χ1v) is 6.47. The normalized spacial score (nSPS) is 14.8. The first-order valence-electron chi connectivity index (χ1n) is 6.47. The number of methoxy groups -OCH3 is 1. The van der Waals surface area contributed by atoms with Crippen LogP contribution < -0.4 is 15.0 Å². The van der Waals surface area contributed by atoms with Crippen LogP contribution in [0.5, 0.6) is 5.75 Å². The van der Waals surface area contributed by atoms with Crippen LogP contribution in [0.2, 0.25) is 0 Å². The maximum absolute atomic E-state index is 10.9. The molecular formula is C13H19N3O3. The Morgan fingerprint density at radius 3 is 2.74 bits per heavy atom. The zero-order valence-electron chi connectivity index (χ0n) is 11.3. The van der Waals surface area contributed by atoms with Gasteiger partial charge in [-0.3, -0.25) is 10.1 Å². The van der Waals surface area contributed by atoms with E-state index in [-0.39, 0.29) is 5.69 Å². The van der Waals surface area contributed by atoms with Crippen LogP contribution >= 0.6 is 0 Å². The molecule has 6 heteroatoms. The van der Waals surface area contributed by atoms with Gasteiger partial charge >= 0.3 is 5.69 Å². The lowest BCUT2D eigenvalue weighted by molar-refractivity contribution is -0.385. The summed E-state index contributed by atoms with van der Waals surface area (Å²) in [4.78, 5) is 12.8. The van der Waals surface area contributed by atoms with Crippen molar-refractivity contribution >= 4 is 11.4 Å². The third-order valence-electron chi connectivity index (χ3n) is 3.36. The van der Waals surface area contributed by atoms with Crippen LogP contribution in [0.25, 0.3) is 0 Å². The number of benzene rings is 1. The number of nitro benzene ring substituents is 1. The Hall–Kier alpha value is -1.82. The lowest BCUT2D eigenvalue weighted by Crippen LogP contribution is -2.57. The summed E-state index contributed by atoms with van der Waals surface area (Å²) in [5, 5.41) is 14.1. The van der Waals surface area contributed by atoms with Gasteiger partial charge in [-0.25, -0.2) is 0 Å². The van der Waals surface area contributed by atoms with E-state index >= 15 is 0 Å². The molecule has 0 saturated carbocycles. The molecule has 0 spiro atoms. The van der Waals surface area contributed by atoms with Crippen molar-refractivity contribution in [2.45, 2.75) is 19.4 Å². The molecule has 1 heterocycles. The van der Waals surface area contributed by atoms with Gasteiger partial charge in [0.25, 0.3) is 0 Å². The van der Waals surface area contributed by atoms with Gasteiger partial charge < -0.3 is 15.0 Å². The number of hydrogen-bond donors (Lipinski definition) is 1. The molecule has 104 valence electrons. The predicted octanol–water partition coefficient (Wildman–Crippen LogP) is 1.79. The van der Waals surface area contributed by atoms with Crippen molar-refractivity contribution in [1.82, 2.24) is 5.32 Å². The van der Waals surface area contributed by atoms with Crippen molar-refractivity contribution in [3.8, 4) is 5.75 Å². The predicted molar refractivity (Wildman–Crippen MR) is 73.9 cm³/mol. The second-order valence-corrected chi connectivity index (χ2v) is 4.62. The lowest BCUT2D eigenvalue weighted by Gasteiger charge is -2.39. The summed E-state index contributed by atoms with van der Waals surface area (Å²) in [6, 6.07) is 5.54. The number of anilines is 1. The van der Waals surface area contributed by atoms with E-state index in [1.807, 2.05) is 0 Å². The molecule has 1 saturated heterocycles. The molecule has 0 unspecified atom stereocenters. The summed E-state index contributed by atoms with van der Waals surface area (Å²) in [6.45, 7) is 4.98. The largest absolute Gasteiger partial charge is 0.490 e. The molecule has 19 heavy (non-hydrogen) atoms. The third-order valence-corrected chi connectivity index (χ3v) is 3.36. The molecule has 2 rings (SSSR count). The quantitative estimate of drug-likeness (QED) is 0.627. The highest BCUT2D eigenvalue weighted by Gasteiger charge is 2.26. The van der Waals surface area contributed by atoms with Crippen molar-refractivity contribution in [1.29, 1.82) is 0 Å². The molecule has 1 fully saturated rings. The second-order valence-electron chi connectivity index (χ2n) is 4.62. The van der Waals surface area contributed by atoms with Crippen LogP contribution in [0.1, 0.15) is 13.3 Å². The van der Waals surface area contributed by atoms with Gasteiger partial charge in [-0.1, -0.05) is 6.92 Å². The molecule has 1 aromatic rings. The van der Waals surface area contributed by atoms with Crippen molar-refractivity contribution < 1.29 is 9.66 Å². The molecule has 1 aliphatic rings. The number of ether oxygens (including phenoxy) is 1. The molecule has 0 bridgehead atoms. The highest BCUT2D eigenvalue weighted by atomic mass is 16.6. The smallest absolute Gasteiger partial charge is 0.311 e. The summed E-state index contributed by atoms with van der Waals surface area (Å²) in [6.07, 6.45) is 1.04. The summed E-state index contributed by atoms with van der Waals surface area (Å²) >= 11 is 0. The topological polar surface area (TPSA) is 67.6 Å². The van der Waals surface area contributed by atoms with Crippen molar-refractivity contribution in [3.63, 3.8) is 0 Å². The Kier molecular flexibility index (Phi) is 4.21.